The zero-order valence-corrected chi connectivity index (χ0v) is 11.9. The predicted molar refractivity (Wildman–Crippen MR) is 73.9 cm³/mol. The number of ether oxygens (including phenoxy) is 1. The topological polar surface area (TPSA) is 64.4 Å². The molecule has 1 atom stereocenters. The van der Waals surface area contributed by atoms with Gasteiger partial charge in [0.1, 0.15) is 5.75 Å². The highest BCUT2D eigenvalue weighted by molar-refractivity contribution is 5.97. The summed E-state index contributed by atoms with van der Waals surface area (Å²) in [5.41, 5.74) is 5.85. The van der Waals surface area contributed by atoms with E-state index in [9.17, 15) is 13.6 Å². The largest absolute Gasteiger partial charge is 0.434 e. The van der Waals surface area contributed by atoms with Gasteiger partial charge in [-0.05, 0) is 31.9 Å². The van der Waals surface area contributed by atoms with Crippen LogP contribution in [-0.4, -0.2) is 18.1 Å². The van der Waals surface area contributed by atoms with E-state index in [1.165, 1.54) is 6.07 Å². The van der Waals surface area contributed by atoms with Gasteiger partial charge in [0.15, 0.2) is 0 Å². The third-order valence-electron chi connectivity index (χ3n) is 2.95. The summed E-state index contributed by atoms with van der Waals surface area (Å²) in [6.45, 7) is 2.31. The Hall–Kier alpha value is -1.69. The van der Waals surface area contributed by atoms with Crippen molar-refractivity contribution in [2.24, 2.45) is 5.73 Å². The number of rotatable bonds is 6. The van der Waals surface area contributed by atoms with Crippen molar-refractivity contribution in [1.29, 1.82) is 0 Å². The van der Waals surface area contributed by atoms with Gasteiger partial charge in [0.05, 0.1) is 5.54 Å². The van der Waals surface area contributed by atoms with Gasteiger partial charge in [0.25, 0.3) is 0 Å². The van der Waals surface area contributed by atoms with Crippen molar-refractivity contribution in [2.75, 3.05) is 5.32 Å². The van der Waals surface area contributed by atoms with E-state index in [0.717, 1.165) is 6.42 Å². The minimum atomic E-state index is -2.90. The van der Waals surface area contributed by atoms with E-state index in [4.69, 9.17) is 5.73 Å². The number of aryl methyl sites for hydroxylation is 1. The molecule has 0 saturated carbocycles. The van der Waals surface area contributed by atoms with Gasteiger partial charge >= 0.3 is 6.61 Å². The first-order valence-electron chi connectivity index (χ1n) is 6.42. The second-order valence-electron chi connectivity index (χ2n) is 4.98. The molecule has 20 heavy (non-hydrogen) atoms. The van der Waals surface area contributed by atoms with E-state index >= 15 is 0 Å². The Labute approximate surface area is 117 Å². The van der Waals surface area contributed by atoms with Gasteiger partial charge in [-0.25, -0.2) is 0 Å². The predicted octanol–water partition coefficient (Wildman–Crippen LogP) is 3.05. The Bertz CT molecular complexity index is 476. The molecular formula is C14H20F2N2O2. The Balaban J connectivity index is 2.85. The third-order valence-corrected chi connectivity index (χ3v) is 2.95. The molecule has 1 unspecified atom stereocenters. The monoisotopic (exact) mass is 286 g/mol. The number of halogens is 2. The minimum Gasteiger partial charge on any atom is -0.434 e. The molecule has 1 aromatic rings. The number of nitrogens with two attached hydrogens (primary N) is 1. The van der Waals surface area contributed by atoms with Crippen LogP contribution in [0.1, 0.15) is 32.3 Å². The number of benzene rings is 1. The van der Waals surface area contributed by atoms with Crippen molar-refractivity contribution >= 4 is 11.6 Å². The highest BCUT2D eigenvalue weighted by Gasteiger charge is 2.27. The van der Waals surface area contributed by atoms with Crippen LogP contribution in [-0.2, 0) is 4.79 Å². The van der Waals surface area contributed by atoms with Gasteiger partial charge in [0.2, 0.25) is 5.91 Å². The summed E-state index contributed by atoms with van der Waals surface area (Å²) >= 11 is 0. The lowest BCUT2D eigenvalue weighted by Crippen LogP contribution is -2.48. The molecule has 1 amide bonds. The number of alkyl halides is 2. The fourth-order valence-corrected chi connectivity index (χ4v) is 1.81. The van der Waals surface area contributed by atoms with Crippen molar-refractivity contribution in [3.8, 4) is 5.75 Å². The van der Waals surface area contributed by atoms with Gasteiger partial charge in [-0.15, -0.1) is 0 Å². The molecule has 0 spiro atoms. The van der Waals surface area contributed by atoms with Crippen molar-refractivity contribution in [3.63, 3.8) is 0 Å². The summed E-state index contributed by atoms with van der Waals surface area (Å²) in [7, 11) is 0. The normalized spacial score (nSPS) is 13.9. The molecule has 1 aromatic carbocycles. The summed E-state index contributed by atoms with van der Waals surface area (Å²) in [5.74, 6) is -0.321. The van der Waals surface area contributed by atoms with Gasteiger partial charge in [-0.3, -0.25) is 4.79 Å². The van der Waals surface area contributed by atoms with Crippen LogP contribution in [0.2, 0.25) is 0 Å². The molecule has 0 aliphatic heterocycles. The summed E-state index contributed by atoms with van der Waals surface area (Å²) in [5, 5.41) is 2.62. The molecule has 0 aromatic heterocycles. The van der Waals surface area contributed by atoms with Crippen LogP contribution in [0.3, 0.4) is 0 Å². The van der Waals surface area contributed by atoms with Crippen LogP contribution in [0.25, 0.3) is 0 Å². The maximum atomic E-state index is 12.3. The Kier molecular flexibility index (Phi) is 5.44. The summed E-state index contributed by atoms with van der Waals surface area (Å²) < 4.78 is 28.9. The average molecular weight is 286 g/mol. The molecule has 0 aliphatic rings. The number of nitrogens with one attached hydrogen (secondary N) is 1. The molecule has 3 N–H and O–H groups in total. The van der Waals surface area contributed by atoms with E-state index in [0.29, 0.717) is 17.7 Å². The molecule has 112 valence electrons. The van der Waals surface area contributed by atoms with Gasteiger partial charge < -0.3 is 15.8 Å². The molecule has 0 saturated heterocycles. The van der Waals surface area contributed by atoms with Gasteiger partial charge in [-0.1, -0.05) is 19.4 Å². The fourth-order valence-electron chi connectivity index (χ4n) is 1.81. The zero-order valence-electron chi connectivity index (χ0n) is 11.9. The molecular weight excluding hydrogens is 266 g/mol. The van der Waals surface area contributed by atoms with E-state index < -0.39 is 12.2 Å². The highest BCUT2D eigenvalue weighted by atomic mass is 19.3. The zero-order chi connectivity index (χ0) is 15.3. The van der Waals surface area contributed by atoms with E-state index in [1.807, 2.05) is 6.92 Å². The van der Waals surface area contributed by atoms with E-state index in [2.05, 4.69) is 10.1 Å². The first kappa shape index (κ1) is 16.4. The molecule has 0 bridgehead atoms. The van der Waals surface area contributed by atoms with Crippen molar-refractivity contribution in [2.45, 2.75) is 45.8 Å². The van der Waals surface area contributed by atoms with Crippen LogP contribution in [0.4, 0.5) is 14.5 Å². The number of hydrogen-bond donors (Lipinski definition) is 2. The Morgan fingerprint density at radius 1 is 1.50 bits per heavy atom. The number of carbonyl (C=O) groups excluding carboxylic acids is 1. The second kappa shape index (κ2) is 6.65. The molecule has 0 heterocycles. The molecule has 1 rings (SSSR count). The minimum absolute atomic E-state index is 0.0343. The first-order chi connectivity index (χ1) is 9.26. The number of anilines is 1. The smallest absolute Gasteiger partial charge is 0.387 e. The van der Waals surface area contributed by atoms with E-state index in [-0.39, 0.29) is 11.7 Å². The van der Waals surface area contributed by atoms with Crippen LogP contribution >= 0.6 is 0 Å². The Morgan fingerprint density at radius 2 is 2.15 bits per heavy atom. The number of carbonyl (C=O) groups is 1. The van der Waals surface area contributed by atoms with Crippen LogP contribution in [0, 0.1) is 6.92 Å². The van der Waals surface area contributed by atoms with Crippen molar-refractivity contribution in [3.05, 3.63) is 23.8 Å². The second-order valence-corrected chi connectivity index (χ2v) is 4.98. The maximum absolute atomic E-state index is 12.3. The summed E-state index contributed by atoms with van der Waals surface area (Å²) in [6.07, 6.45) is 1.30. The van der Waals surface area contributed by atoms with Gasteiger partial charge in [-0.2, -0.15) is 8.78 Å². The quantitative estimate of drug-likeness (QED) is 0.844. The molecule has 6 heteroatoms. The molecule has 0 fully saturated rings. The molecule has 0 radical (unpaired) electrons. The molecule has 0 aliphatic carbocycles. The maximum Gasteiger partial charge on any atom is 0.387 e. The Morgan fingerprint density at radius 3 is 2.70 bits per heavy atom. The third kappa shape index (κ3) is 4.45. The van der Waals surface area contributed by atoms with Crippen molar-refractivity contribution < 1.29 is 18.3 Å². The lowest BCUT2D eigenvalue weighted by Gasteiger charge is -2.23. The van der Waals surface area contributed by atoms with E-state index in [1.54, 1.807) is 26.0 Å². The fraction of sp³-hybridized carbons (Fsp3) is 0.500. The lowest BCUT2D eigenvalue weighted by molar-refractivity contribution is -0.120. The number of hydrogen-bond acceptors (Lipinski definition) is 3. The van der Waals surface area contributed by atoms with Gasteiger partial charge in [0, 0.05) is 11.8 Å². The number of amides is 1. The van der Waals surface area contributed by atoms with Crippen LogP contribution in [0.5, 0.6) is 5.75 Å². The SMILES string of the molecule is CCCC(C)(N)C(=O)Nc1ccc(C)c(OC(F)F)c1. The van der Waals surface area contributed by atoms with Crippen molar-refractivity contribution in [1.82, 2.24) is 0 Å². The average Bonchev–Trinajstić information content (AvgIpc) is 2.32. The summed E-state index contributed by atoms with van der Waals surface area (Å²) in [6, 6.07) is 4.58. The molecule has 4 nitrogen and oxygen atoms in total. The summed E-state index contributed by atoms with van der Waals surface area (Å²) in [4.78, 5) is 12.0. The van der Waals surface area contributed by atoms with Crippen LogP contribution < -0.4 is 15.8 Å². The highest BCUT2D eigenvalue weighted by Crippen LogP contribution is 2.25. The lowest BCUT2D eigenvalue weighted by atomic mass is 9.96. The van der Waals surface area contributed by atoms with Crippen LogP contribution in [0.15, 0.2) is 18.2 Å². The standard InChI is InChI=1S/C14H20F2N2O2/c1-4-7-14(3,17)12(19)18-10-6-5-9(2)11(8-10)20-13(15)16/h5-6,8,13H,4,7,17H2,1-3H3,(H,18,19). The first-order valence-corrected chi connectivity index (χ1v) is 6.42.